The fourth-order valence-electron chi connectivity index (χ4n) is 2.47. The van der Waals surface area contributed by atoms with E-state index in [-0.39, 0.29) is 5.56 Å². The van der Waals surface area contributed by atoms with Crippen molar-refractivity contribution in [1.82, 2.24) is 9.97 Å². The number of rotatable bonds is 3. The van der Waals surface area contributed by atoms with E-state index in [1.807, 2.05) is 13.8 Å². The van der Waals surface area contributed by atoms with Crippen LogP contribution in [-0.2, 0) is 4.74 Å². The second-order valence-electron chi connectivity index (χ2n) is 5.71. The molecular formula is C19H18N4O3. The summed E-state index contributed by atoms with van der Waals surface area (Å²) < 4.78 is 4.72. The highest BCUT2D eigenvalue weighted by molar-refractivity contribution is 6.05. The van der Waals surface area contributed by atoms with Crippen molar-refractivity contribution in [2.75, 3.05) is 17.7 Å². The van der Waals surface area contributed by atoms with E-state index in [0.29, 0.717) is 16.9 Å². The molecule has 2 aromatic carbocycles. The van der Waals surface area contributed by atoms with Crippen LogP contribution < -0.4 is 10.6 Å². The third-order valence-corrected chi connectivity index (χ3v) is 3.91. The molecule has 0 saturated carbocycles. The Kier molecular flexibility index (Phi) is 4.79. The molecule has 1 aromatic heterocycles. The number of anilines is 2. The number of ether oxygens (including phenoxy) is 1. The molecule has 0 saturated heterocycles. The molecule has 0 fully saturated rings. The van der Waals surface area contributed by atoms with Gasteiger partial charge in [-0.3, -0.25) is 0 Å². The zero-order chi connectivity index (χ0) is 18.7. The normalized spacial score (nSPS) is 10.4. The summed E-state index contributed by atoms with van der Waals surface area (Å²) in [5.74, 6) is -0.521. The lowest BCUT2D eigenvalue weighted by Gasteiger charge is -2.11. The summed E-state index contributed by atoms with van der Waals surface area (Å²) >= 11 is 0. The first-order chi connectivity index (χ1) is 12.5. The van der Waals surface area contributed by atoms with E-state index in [4.69, 9.17) is 4.74 Å². The minimum absolute atomic E-state index is 0.278. The van der Waals surface area contributed by atoms with Gasteiger partial charge in [0.15, 0.2) is 0 Å². The second-order valence-corrected chi connectivity index (χ2v) is 5.71. The fraction of sp³-hybridized carbons (Fsp3) is 0.158. The van der Waals surface area contributed by atoms with Gasteiger partial charge in [0.2, 0.25) is 0 Å². The number of esters is 1. The summed E-state index contributed by atoms with van der Waals surface area (Å²) in [6.07, 6.45) is 0. The van der Waals surface area contributed by atoms with Crippen LogP contribution in [0, 0.1) is 13.8 Å². The minimum Gasteiger partial charge on any atom is -0.465 e. The number of aryl methyl sites for hydroxylation is 2. The van der Waals surface area contributed by atoms with Crippen LogP contribution in [0.3, 0.4) is 0 Å². The highest BCUT2D eigenvalue weighted by atomic mass is 16.5. The highest BCUT2D eigenvalue weighted by Gasteiger charge is 2.13. The van der Waals surface area contributed by atoms with Crippen molar-refractivity contribution < 1.29 is 14.3 Å². The Morgan fingerprint density at radius 3 is 2.35 bits per heavy atom. The molecule has 2 N–H and O–H groups in total. The first-order valence-electron chi connectivity index (χ1n) is 7.98. The third kappa shape index (κ3) is 3.61. The summed E-state index contributed by atoms with van der Waals surface area (Å²) in [5.41, 5.74) is 4.38. The van der Waals surface area contributed by atoms with Crippen molar-refractivity contribution in [1.29, 1.82) is 0 Å². The number of aromatic nitrogens is 2. The molecule has 0 aliphatic rings. The highest BCUT2D eigenvalue weighted by Crippen LogP contribution is 2.19. The minimum atomic E-state index is -0.521. The molecule has 7 nitrogen and oxygen atoms in total. The molecule has 1 heterocycles. The largest absolute Gasteiger partial charge is 0.465 e. The van der Waals surface area contributed by atoms with Crippen LogP contribution in [0.2, 0.25) is 0 Å². The summed E-state index contributed by atoms with van der Waals surface area (Å²) in [6, 6.07) is 11.4. The number of nitrogens with zero attached hydrogens (tertiary/aromatic N) is 2. The van der Waals surface area contributed by atoms with Crippen molar-refractivity contribution in [3.63, 3.8) is 0 Å². The van der Waals surface area contributed by atoms with E-state index in [1.165, 1.54) is 7.11 Å². The van der Waals surface area contributed by atoms with Gasteiger partial charge in [-0.05, 0) is 44.2 Å². The summed E-state index contributed by atoms with van der Waals surface area (Å²) in [7, 11) is 1.29. The summed E-state index contributed by atoms with van der Waals surface area (Å²) in [4.78, 5) is 33.0. The van der Waals surface area contributed by atoms with Gasteiger partial charge in [-0.1, -0.05) is 12.1 Å². The van der Waals surface area contributed by atoms with Crippen molar-refractivity contribution >= 4 is 34.4 Å². The fourth-order valence-corrected chi connectivity index (χ4v) is 2.47. The molecule has 132 valence electrons. The molecule has 0 aliphatic heterocycles. The van der Waals surface area contributed by atoms with E-state index < -0.39 is 12.0 Å². The van der Waals surface area contributed by atoms with Gasteiger partial charge in [0.1, 0.15) is 0 Å². The molecule has 0 bridgehead atoms. The molecule has 0 atom stereocenters. The Balaban J connectivity index is 1.80. The maximum absolute atomic E-state index is 12.3. The SMILES string of the molecule is COC(=O)c1ccccc1NC(=O)Nc1ccc2nc(C)c(C)nc2c1. The molecule has 0 unspecified atom stereocenters. The third-order valence-electron chi connectivity index (χ3n) is 3.91. The van der Waals surface area contributed by atoms with Crippen molar-refractivity contribution in [2.45, 2.75) is 13.8 Å². The summed E-state index contributed by atoms with van der Waals surface area (Å²) in [6.45, 7) is 3.79. The molecule has 0 spiro atoms. The van der Waals surface area contributed by atoms with Gasteiger partial charge < -0.3 is 15.4 Å². The number of fused-ring (bicyclic) bond motifs is 1. The van der Waals surface area contributed by atoms with Crippen LogP contribution >= 0.6 is 0 Å². The van der Waals surface area contributed by atoms with Crippen LogP contribution in [0.1, 0.15) is 21.7 Å². The second kappa shape index (κ2) is 7.18. The first-order valence-corrected chi connectivity index (χ1v) is 7.98. The lowest BCUT2D eigenvalue weighted by molar-refractivity contribution is 0.0602. The van der Waals surface area contributed by atoms with Gasteiger partial charge in [-0.15, -0.1) is 0 Å². The average molecular weight is 350 g/mol. The summed E-state index contributed by atoms with van der Waals surface area (Å²) in [5, 5.41) is 5.39. The number of urea groups is 1. The Hall–Kier alpha value is -3.48. The molecule has 7 heteroatoms. The zero-order valence-electron chi connectivity index (χ0n) is 14.7. The van der Waals surface area contributed by atoms with E-state index in [2.05, 4.69) is 20.6 Å². The number of para-hydroxylation sites is 1. The smallest absolute Gasteiger partial charge is 0.339 e. The Labute approximate surface area is 150 Å². The van der Waals surface area contributed by atoms with Gasteiger partial charge in [0, 0.05) is 5.69 Å². The molecule has 0 radical (unpaired) electrons. The van der Waals surface area contributed by atoms with Gasteiger partial charge in [0.25, 0.3) is 0 Å². The molecule has 3 aromatic rings. The van der Waals surface area contributed by atoms with Crippen LogP contribution in [0.25, 0.3) is 11.0 Å². The number of carbonyl (C=O) groups is 2. The number of carbonyl (C=O) groups excluding carboxylic acids is 2. The number of hydrogen-bond acceptors (Lipinski definition) is 5. The van der Waals surface area contributed by atoms with E-state index in [9.17, 15) is 9.59 Å². The van der Waals surface area contributed by atoms with Gasteiger partial charge in [-0.2, -0.15) is 0 Å². The predicted octanol–water partition coefficient (Wildman–Crippen LogP) is 3.68. The van der Waals surface area contributed by atoms with E-state index >= 15 is 0 Å². The van der Waals surface area contributed by atoms with Crippen LogP contribution in [0.15, 0.2) is 42.5 Å². The maximum Gasteiger partial charge on any atom is 0.339 e. The van der Waals surface area contributed by atoms with E-state index in [1.54, 1.807) is 42.5 Å². The molecule has 3 rings (SSSR count). The standard InChI is InChI=1S/C19H18N4O3/c1-11-12(2)21-17-10-13(8-9-16(17)20-11)22-19(25)23-15-7-5-4-6-14(15)18(24)26-3/h4-10H,1-3H3,(H2,22,23,25). The van der Waals surface area contributed by atoms with Crippen LogP contribution in [0.5, 0.6) is 0 Å². The number of methoxy groups -OCH3 is 1. The monoisotopic (exact) mass is 350 g/mol. The van der Waals surface area contributed by atoms with E-state index in [0.717, 1.165) is 16.9 Å². The van der Waals surface area contributed by atoms with Gasteiger partial charge in [-0.25, -0.2) is 19.6 Å². The van der Waals surface area contributed by atoms with Crippen LogP contribution in [-0.4, -0.2) is 29.1 Å². The van der Waals surface area contributed by atoms with Crippen LogP contribution in [0.4, 0.5) is 16.2 Å². The molecule has 26 heavy (non-hydrogen) atoms. The Bertz CT molecular complexity index is 1000. The Morgan fingerprint density at radius 2 is 1.62 bits per heavy atom. The topological polar surface area (TPSA) is 93.2 Å². The molecular weight excluding hydrogens is 332 g/mol. The average Bonchev–Trinajstić information content (AvgIpc) is 2.62. The van der Waals surface area contributed by atoms with Gasteiger partial charge >= 0.3 is 12.0 Å². The zero-order valence-corrected chi connectivity index (χ0v) is 14.7. The van der Waals surface area contributed by atoms with Gasteiger partial charge in [0.05, 0.1) is 40.8 Å². The Morgan fingerprint density at radius 1 is 0.923 bits per heavy atom. The predicted molar refractivity (Wildman–Crippen MR) is 99.4 cm³/mol. The first kappa shape index (κ1) is 17.3. The molecule has 0 aliphatic carbocycles. The molecule has 2 amide bonds. The lowest BCUT2D eigenvalue weighted by atomic mass is 10.2. The number of amides is 2. The maximum atomic E-state index is 12.3. The lowest BCUT2D eigenvalue weighted by Crippen LogP contribution is -2.21. The number of hydrogen-bond donors (Lipinski definition) is 2. The number of benzene rings is 2. The van der Waals surface area contributed by atoms with Crippen molar-refractivity contribution in [3.8, 4) is 0 Å². The van der Waals surface area contributed by atoms with Crippen molar-refractivity contribution in [3.05, 3.63) is 59.4 Å². The van der Waals surface area contributed by atoms with Crippen molar-refractivity contribution in [2.24, 2.45) is 0 Å². The number of nitrogens with one attached hydrogen (secondary N) is 2. The quantitative estimate of drug-likeness (QED) is 0.703.